The summed E-state index contributed by atoms with van der Waals surface area (Å²) in [5.41, 5.74) is 0. The molecule has 9 heteroatoms. The predicted octanol–water partition coefficient (Wildman–Crippen LogP) is 1.47. The lowest BCUT2D eigenvalue weighted by molar-refractivity contribution is -0.155. The average Bonchev–Trinajstić information content (AvgIpc) is 2.42. The predicted molar refractivity (Wildman–Crippen MR) is 83.6 cm³/mol. The molecule has 1 amide bonds. The van der Waals surface area contributed by atoms with Gasteiger partial charge in [-0.1, -0.05) is 13.8 Å². The molecule has 0 fully saturated rings. The number of nitrogens with one attached hydrogen (secondary N) is 1. The molecule has 23 heavy (non-hydrogen) atoms. The van der Waals surface area contributed by atoms with Gasteiger partial charge in [-0.3, -0.25) is 9.59 Å². The molecule has 1 atom stereocenters. The summed E-state index contributed by atoms with van der Waals surface area (Å²) in [5.74, 6) is -1.95. The van der Waals surface area contributed by atoms with Crippen LogP contribution in [0.3, 0.4) is 0 Å². The van der Waals surface area contributed by atoms with Crippen LogP contribution in [0.25, 0.3) is 0 Å². The second-order valence-electron chi connectivity index (χ2n) is 5.49. The third-order valence-electron chi connectivity index (χ3n) is 2.68. The van der Waals surface area contributed by atoms with Crippen LogP contribution in [0, 0.1) is 5.92 Å². The molecule has 0 aromatic rings. The summed E-state index contributed by atoms with van der Waals surface area (Å²) >= 11 is 0.688. The van der Waals surface area contributed by atoms with Crippen molar-refractivity contribution in [2.45, 2.75) is 45.4 Å². The third-order valence-corrected chi connectivity index (χ3v) is 3.72. The van der Waals surface area contributed by atoms with Gasteiger partial charge in [-0.15, -0.1) is 0 Å². The van der Waals surface area contributed by atoms with Crippen molar-refractivity contribution in [1.29, 1.82) is 0 Å². The highest BCUT2D eigenvalue weighted by Crippen LogP contribution is 2.30. The molecule has 0 aromatic carbocycles. The molecule has 0 radical (unpaired) electrons. The third kappa shape index (κ3) is 7.87. The zero-order valence-corrected chi connectivity index (χ0v) is 14.9. The molecule has 8 nitrogen and oxygen atoms in total. The van der Waals surface area contributed by atoms with Crippen LogP contribution < -0.4 is 5.32 Å². The summed E-state index contributed by atoms with van der Waals surface area (Å²) < 4.78 is 13.1. The van der Waals surface area contributed by atoms with Gasteiger partial charge in [0, 0.05) is 6.92 Å². The van der Waals surface area contributed by atoms with Crippen LogP contribution in [0.4, 0.5) is 4.79 Å². The number of hydrogen-bond acceptors (Lipinski definition) is 8. The molecule has 0 rings (SSSR count). The summed E-state index contributed by atoms with van der Waals surface area (Å²) in [4.78, 5) is 46.0. The van der Waals surface area contributed by atoms with Crippen LogP contribution in [0.1, 0.15) is 34.6 Å². The fraction of sp³-hybridized carbons (Fsp3) is 0.714. The maximum atomic E-state index is 11.8. The van der Waals surface area contributed by atoms with Crippen LogP contribution >= 0.6 is 11.8 Å². The molecule has 132 valence electrons. The molecule has 0 spiro atoms. The lowest BCUT2D eigenvalue weighted by Gasteiger charge is -2.30. The topological polar surface area (TPSA) is 108 Å². The van der Waals surface area contributed by atoms with Crippen molar-refractivity contribution in [2.75, 3.05) is 13.9 Å². The summed E-state index contributed by atoms with van der Waals surface area (Å²) in [6, 6.07) is -1.04. The molecule has 0 aliphatic rings. The molecule has 0 aliphatic carbocycles. The number of methoxy groups -OCH3 is 1. The molecular weight excluding hydrogens is 326 g/mol. The van der Waals surface area contributed by atoms with Crippen LogP contribution in [-0.4, -0.2) is 47.8 Å². The lowest BCUT2D eigenvalue weighted by atomic mass is 10.0. The van der Waals surface area contributed by atoms with Gasteiger partial charge in [0.05, 0.1) is 17.8 Å². The molecule has 0 unspecified atom stereocenters. The molecule has 0 saturated heterocycles. The van der Waals surface area contributed by atoms with Crippen molar-refractivity contribution in [1.82, 2.24) is 5.32 Å². The van der Waals surface area contributed by atoms with E-state index < -0.39 is 40.7 Å². The number of amides is 1. The SMILES string of the molecule is COC(=O)[C@H](NC(C)=O)C(C)(C)SC(=O)OCOC(=O)C(C)C. The maximum absolute atomic E-state index is 11.8. The molecule has 0 heterocycles. The van der Waals surface area contributed by atoms with Gasteiger partial charge in [0.2, 0.25) is 12.7 Å². The fourth-order valence-electron chi connectivity index (χ4n) is 1.44. The Balaban J connectivity index is 4.66. The largest absolute Gasteiger partial charge is 0.467 e. The molecule has 0 saturated carbocycles. The van der Waals surface area contributed by atoms with Gasteiger partial charge in [0.15, 0.2) is 0 Å². The van der Waals surface area contributed by atoms with Gasteiger partial charge in [-0.2, -0.15) is 0 Å². The Labute approximate surface area is 139 Å². The van der Waals surface area contributed by atoms with Gasteiger partial charge in [-0.05, 0) is 25.6 Å². The zero-order chi connectivity index (χ0) is 18.2. The number of hydrogen-bond donors (Lipinski definition) is 1. The van der Waals surface area contributed by atoms with Crippen LogP contribution in [0.5, 0.6) is 0 Å². The Morgan fingerprint density at radius 1 is 1.09 bits per heavy atom. The van der Waals surface area contributed by atoms with E-state index in [1.165, 1.54) is 14.0 Å². The maximum Gasteiger partial charge on any atom is 0.370 e. The van der Waals surface area contributed by atoms with E-state index in [4.69, 9.17) is 9.47 Å². The minimum Gasteiger partial charge on any atom is -0.467 e. The van der Waals surface area contributed by atoms with Gasteiger partial charge < -0.3 is 19.5 Å². The Morgan fingerprint density at radius 3 is 2.09 bits per heavy atom. The van der Waals surface area contributed by atoms with Crippen molar-refractivity contribution in [3.63, 3.8) is 0 Å². The Kier molecular flexibility index (Phi) is 8.66. The first-order valence-corrected chi connectivity index (χ1v) is 7.70. The van der Waals surface area contributed by atoms with E-state index in [1.54, 1.807) is 27.7 Å². The highest BCUT2D eigenvalue weighted by molar-refractivity contribution is 8.14. The van der Waals surface area contributed by atoms with E-state index in [0.29, 0.717) is 11.8 Å². The van der Waals surface area contributed by atoms with Gasteiger partial charge in [0.25, 0.3) is 0 Å². The average molecular weight is 349 g/mol. The first kappa shape index (κ1) is 21.2. The smallest absolute Gasteiger partial charge is 0.370 e. The second kappa shape index (κ2) is 9.39. The highest BCUT2D eigenvalue weighted by atomic mass is 32.2. The Hall–Kier alpha value is -1.77. The summed E-state index contributed by atoms with van der Waals surface area (Å²) in [6.45, 7) is 7.20. The summed E-state index contributed by atoms with van der Waals surface area (Å²) in [7, 11) is 1.18. The zero-order valence-electron chi connectivity index (χ0n) is 14.1. The minimum atomic E-state index is -1.04. The van der Waals surface area contributed by atoms with Crippen LogP contribution in [-0.2, 0) is 28.6 Å². The first-order valence-electron chi connectivity index (χ1n) is 6.88. The number of esters is 2. The minimum absolute atomic E-state index is 0.332. The number of rotatable bonds is 7. The van der Waals surface area contributed by atoms with Crippen molar-refractivity contribution >= 4 is 34.9 Å². The summed E-state index contributed by atoms with van der Waals surface area (Å²) in [6.07, 6.45) is 0. The monoisotopic (exact) mass is 349 g/mol. The number of thioether (sulfide) groups is 1. The molecule has 0 aliphatic heterocycles. The Bertz CT molecular complexity index is 462. The number of carbonyl (C=O) groups excluding carboxylic acids is 4. The number of carbonyl (C=O) groups is 4. The highest BCUT2D eigenvalue weighted by Gasteiger charge is 2.40. The van der Waals surface area contributed by atoms with E-state index in [2.05, 4.69) is 10.1 Å². The fourth-order valence-corrected chi connectivity index (χ4v) is 2.25. The first-order chi connectivity index (χ1) is 10.5. The van der Waals surface area contributed by atoms with Crippen molar-refractivity contribution in [3.05, 3.63) is 0 Å². The molecule has 0 aromatic heterocycles. The van der Waals surface area contributed by atoms with Crippen molar-refractivity contribution in [3.8, 4) is 0 Å². The van der Waals surface area contributed by atoms with E-state index in [1.807, 2.05) is 0 Å². The Morgan fingerprint density at radius 2 is 1.65 bits per heavy atom. The van der Waals surface area contributed by atoms with Crippen molar-refractivity contribution in [2.24, 2.45) is 5.92 Å². The normalized spacial score (nSPS) is 12.3. The van der Waals surface area contributed by atoms with Gasteiger partial charge in [0.1, 0.15) is 6.04 Å². The van der Waals surface area contributed by atoms with Crippen molar-refractivity contribution < 1.29 is 33.4 Å². The molecule has 0 bridgehead atoms. The van der Waals surface area contributed by atoms with Gasteiger partial charge in [-0.25, -0.2) is 9.59 Å². The van der Waals surface area contributed by atoms with Crippen LogP contribution in [0.2, 0.25) is 0 Å². The van der Waals surface area contributed by atoms with E-state index >= 15 is 0 Å². The number of ether oxygens (including phenoxy) is 3. The summed E-state index contributed by atoms with van der Waals surface area (Å²) in [5, 5.41) is 1.69. The molecule has 1 N–H and O–H groups in total. The standard InChI is InChI=1S/C14H23NO7S/c1-8(2)11(17)21-7-22-13(19)23-14(4,5)10(12(18)20-6)15-9(3)16/h8,10H,7H2,1-6H3,(H,15,16)/t10-/m0/s1. The molecular formula is C14H23NO7S. The second-order valence-corrected chi connectivity index (χ2v) is 7.08. The lowest BCUT2D eigenvalue weighted by Crippen LogP contribution is -2.52. The van der Waals surface area contributed by atoms with Crippen LogP contribution in [0.15, 0.2) is 0 Å². The van der Waals surface area contributed by atoms with E-state index in [9.17, 15) is 19.2 Å². The quantitative estimate of drug-likeness (QED) is 0.544. The van der Waals surface area contributed by atoms with Gasteiger partial charge >= 0.3 is 17.2 Å². The van der Waals surface area contributed by atoms with E-state index in [-0.39, 0.29) is 5.92 Å². The van der Waals surface area contributed by atoms with E-state index in [0.717, 1.165) is 0 Å².